The molecule has 0 aromatic heterocycles. The number of hydrogen-bond donors (Lipinski definition) is 0. The number of nitrogens with zero attached hydrogens (tertiary/aromatic N) is 1. The van der Waals surface area contributed by atoms with Crippen molar-refractivity contribution in [2.45, 2.75) is 17.7 Å². The van der Waals surface area contributed by atoms with Crippen LogP contribution in [0.15, 0.2) is 18.2 Å². The molecule has 2 rings (SSSR count). The average Bonchev–Trinajstić information content (AvgIpc) is 2.74. The molecular weight excluding hydrogens is 310 g/mol. The summed E-state index contributed by atoms with van der Waals surface area (Å²) in [6.07, 6.45) is 1.43. The van der Waals surface area contributed by atoms with Gasteiger partial charge in [-0.2, -0.15) is 0 Å². The second kappa shape index (κ2) is 6.28. The fourth-order valence-corrected chi connectivity index (χ4v) is 2.87. The van der Waals surface area contributed by atoms with Gasteiger partial charge in [-0.25, -0.2) is 0 Å². The van der Waals surface area contributed by atoms with E-state index in [1.165, 1.54) is 0 Å². The zero-order chi connectivity index (χ0) is 13.8. The van der Waals surface area contributed by atoms with Gasteiger partial charge in [-0.15, -0.1) is 0 Å². The number of amides is 1. The maximum atomic E-state index is 11.7. The molecule has 1 aliphatic heterocycles. The first-order valence-electron chi connectivity index (χ1n) is 6.26. The summed E-state index contributed by atoms with van der Waals surface area (Å²) < 4.78 is 10.5. The standard InChI is InChI=1S/C14H18BrNO3/c1-18-12-4-3-10(7-13(12)19-2)5-6-16-9-11(15)8-14(16)17/h3-4,7,11H,5-6,8-9H2,1-2H3. The predicted octanol–water partition coefficient (Wildman–Crippen LogP) is 2.24. The van der Waals surface area contributed by atoms with Crippen LogP contribution in [0.4, 0.5) is 0 Å². The van der Waals surface area contributed by atoms with E-state index in [9.17, 15) is 4.79 Å². The summed E-state index contributed by atoms with van der Waals surface area (Å²) >= 11 is 3.49. The number of carbonyl (C=O) groups is 1. The second-order valence-corrected chi connectivity index (χ2v) is 5.88. The van der Waals surface area contributed by atoms with Crippen LogP contribution in [0, 0.1) is 0 Å². The Labute approximate surface area is 121 Å². The summed E-state index contributed by atoms with van der Waals surface area (Å²) in [6.45, 7) is 1.54. The van der Waals surface area contributed by atoms with Gasteiger partial charge in [0.05, 0.1) is 14.2 Å². The van der Waals surface area contributed by atoms with Crippen LogP contribution in [0.2, 0.25) is 0 Å². The molecule has 0 aliphatic carbocycles. The molecule has 1 unspecified atom stereocenters. The molecule has 4 nitrogen and oxygen atoms in total. The Bertz CT molecular complexity index is 464. The molecule has 1 saturated heterocycles. The lowest BCUT2D eigenvalue weighted by atomic mass is 10.1. The smallest absolute Gasteiger partial charge is 0.223 e. The summed E-state index contributed by atoms with van der Waals surface area (Å²) in [6, 6.07) is 5.87. The molecule has 0 spiro atoms. The fraction of sp³-hybridized carbons (Fsp3) is 0.500. The number of benzene rings is 1. The maximum absolute atomic E-state index is 11.7. The van der Waals surface area contributed by atoms with Gasteiger partial charge < -0.3 is 14.4 Å². The zero-order valence-electron chi connectivity index (χ0n) is 11.2. The largest absolute Gasteiger partial charge is 0.493 e. The number of methoxy groups -OCH3 is 2. The van der Waals surface area contributed by atoms with Gasteiger partial charge in [0, 0.05) is 24.3 Å². The van der Waals surface area contributed by atoms with Crippen molar-refractivity contribution >= 4 is 21.8 Å². The lowest BCUT2D eigenvalue weighted by molar-refractivity contribution is -0.127. The molecule has 104 valence electrons. The number of hydrogen-bond acceptors (Lipinski definition) is 3. The first-order chi connectivity index (χ1) is 9.13. The Balaban J connectivity index is 1.98. The number of rotatable bonds is 5. The SMILES string of the molecule is COc1ccc(CCN2CC(Br)CC2=O)cc1OC. The lowest BCUT2D eigenvalue weighted by Crippen LogP contribution is -2.27. The monoisotopic (exact) mass is 327 g/mol. The highest BCUT2D eigenvalue weighted by Gasteiger charge is 2.26. The van der Waals surface area contributed by atoms with E-state index in [1.54, 1.807) is 14.2 Å². The molecule has 1 atom stereocenters. The molecule has 0 saturated carbocycles. The van der Waals surface area contributed by atoms with E-state index in [0.29, 0.717) is 11.2 Å². The summed E-state index contributed by atoms with van der Waals surface area (Å²) in [7, 11) is 3.25. The molecule has 1 fully saturated rings. The van der Waals surface area contributed by atoms with Gasteiger partial charge >= 0.3 is 0 Å². The highest BCUT2D eigenvalue weighted by atomic mass is 79.9. The van der Waals surface area contributed by atoms with Crippen LogP contribution in [-0.2, 0) is 11.2 Å². The first-order valence-corrected chi connectivity index (χ1v) is 7.18. The van der Waals surface area contributed by atoms with E-state index in [1.807, 2.05) is 23.1 Å². The van der Waals surface area contributed by atoms with E-state index in [-0.39, 0.29) is 5.91 Å². The Morgan fingerprint density at radius 1 is 1.32 bits per heavy atom. The highest BCUT2D eigenvalue weighted by Crippen LogP contribution is 2.28. The van der Waals surface area contributed by atoms with Crippen LogP contribution in [-0.4, -0.2) is 42.9 Å². The molecule has 0 radical (unpaired) electrons. The third kappa shape index (κ3) is 3.41. The van der Waals surface area contributed by atoms with E-state index >= 15 is 0 Å². The van der Waals surface area contributed by atoms with Crippen molar-refractivity contribution in [2.24, 2.45) is 0 Å². The Morgan fingerprint density at radius 3 is 2.63 bits per heavy atom. The van der Waals surface area contributed by atoms with E-state index in [2.05, 4.69) is 15.9 Å². The van der Waals surface area contributed by atoms with Gasteiger partial charge in [0.2, 0.25) is 5.91 Å². The minimum absolute atomic E-state index is 0.224. The Morgan fingerprint density at radius 2 is 2.05 bits per heavy atom. The van der Waals surface area contributed by atoms with E-state index in [0.717, 1.165) is 36.6 Å². The van der Waals surface area contributed by atoms with Gasteiger partial charge in [-0.1, -0.05) is 22.0 Å². The normalized spacial score (nSPS) is 18.8. The third-order valence-electron chi connectivity index (χ3n) is 3.29. The number of likely N-dealkylation sites (tertiary alicyclic amines) is 1. The van der Waals surface area contributed by atoms with Crippen molar-refractivity contribution in [1.29, 1.82) is 0 Å². The minimum Gasteiger partial charge on any atom is -0.493 e. The van der Waals surface area contributed by atoms with Crippen molar-refractivity contribution in [3.63, 3.8) is 0 Å². The number of alkyl halides is 1. The molecule has 1 aromatic rings. The van der Waals surface area contributed by atoms with Gasteiger partial charge in [0.25, 0.3) is 0 Å². The Hall–Kier alpha value is -1.23. The molecule has 5 heteroatoms. The quantitative estimate of drug-likeness (QED) is 0.778. The number of ether oxygens (including phenoxy) is 2. The highest BCUT2D eigenvalue weighted by molar-refractivity contribution is 9.09. The van der Waals surface area contributed by atoms with Crippen LogP contribution < -0.4 is 9.47 Å². The lowest BCUT2D eigenvalue weighted by Gasteiger charge is -2.16. The van der Waals surface area contributed by atoms with Gasteiger partial charge in [0.15, 0.2) is 11.5 Å². The van der Waals surface area contributed by atoms with Crippen molar-refractivity contribution in [3.05, 3.63) is 23.8 Å². The predicted molar refractivity (Wildman–Crippen MR) is 77.2 cm³/mol. The number of halogens is 1. The Kier molecular flexibility index (Phi) is 4.69. The molecule has 0 bridgehead atoms. The molecule has 1 aromatic carbocycles. The average molecular weight is 328 g/mol. The zero-order valence-corrected chi connectivity index (χ0v) is 12.8. The summed E-state index contributed by atoms with van der Waals surface area (Å²) in [4.78, 5) is 13.9. The number of carbonyl (C=O) groups excluding carboxylic acids is 1. The first kappa shape index (κ1) is 14.2. The van der Waals surface area contributed by atoms with Crippen LogP contribution in [0.1, 0.15) is 12.0 Å². The minimum atomic E-state index is 0.224. The van der Waals surface area contributed by atoms with Gasteiger partial charge in [-0.05, 0) is 24.1 Å². The summed E-state index contributed by atoms with van der Waals surface area (Å²) in [5.74, 6) is 1.68. The molecule has 1 aliphatic rings. The van der Waals surface area contributed by atoms with Crippen LogP contribution >= 0.6 is 15.9 Å². The van der Waals surface area contributed by atoms with Crippen LogP contribution in [0.5, 0.6) is 11.5 Å². The van der Waals surface area contributed by atoms with Crippen molar-refractivity contribution in [2.75, 3.05) is 27.3 Å². The van der Waals surface area contributed by atoms with Gasteiger partial charge in [0.1, 0.15) is 0 Å². The van der Waals surface area contributed by atoms with Crippen molar-refractivity contribution in [3.8, 4) is 11.5 Å². The second-order valence-electron chi connectivity index (χ2n) is 4.58. The molecule has 1 amide bonds. The van der Waals surface area contributed by atoms with Crippen molar-refractivity contribution < 1.29 is 14.3 Å². The van der Waals surface area contributed by atoms with E-state index < -0.39 is 0 Å². The fourth-order valence-electron chi connectivity index (χ4n) is 2.24. The molecule has 19 heavy (non-hydrogen) atoms. The van der Waals surface area contributed by atoms with Gasteiger partial charge in [-0.3, -0.25) is 4.79 Å². The maximum Gasteiger partial charge on any atom is 0.223 e. The van der Waals surface area contributed by atoms with Crippen LogP contribution in [0.25, 0.3) is 0 Å². The molecular formula is C14H18BrNO3. The van der Waals surface area contributed by atoms with Crippen LogP contribution in [0.3, 0.4) is 0 Å². The summed E-state index contributed by atoms with van der Waals surface area (Å²) in [5.41, 5.74) is 1.14. The van der Waals surface area contributed by atoms with Crippen molar-refractivity contribution in [1.82, 2.24) is 4.90 Å². The topological polar surface area (TPSA) is 38.8 Å². The summed E-state index contributed by atoms with van der Waals surface area (Å²) in [5, 5.41) is 0. The van der Waals surface area contributed by atoms with E-state index in [4.69, 9.17) is 9.47 Å². The molecule has 0 N–H and O–H groups in total. The molecule has 1 heterocycles. The third-order valence-corrected chi connectivity index (χ3v) is 3.90.